The standard InChI is InChI=1S/C26H33NO3/c1-19(24-11-7-8-12-25(24)29-4)30-18-23(28)17-27-26(2,3)16-20-13-14-21-9-5-6-10-22(21)15-20/h5-15,19,23,27-28H,16-18H2,1-4H3/t19-,23+/m1/s1. The van der Waals surface area contributed by atoms with Gasteiger partial charge in [0.1, 0.15) is 5.75 Å². The molecular formula is C26H33NO3. The molecule has 2 atom stereocenters. The molecule has 0 aliphatic carbocycles. The first-order valence-corrected chi connectivity index (χ1v) is 10.5. The van der Waals surface area contributed by atoms with E-state index in [1.54, 1.807) is 7.11 Å². The van der Waals surface area contributed by atoms with E-state index in [0.717, 1.165) is 17.7 Å². The fourth-order valence-electron chi connectivity index (χ4n) is 3.72. The normalized spacial score (nSPS) is 13.9. The highest BCUT2D eigenvalue weighted by molar-refractivity contribution is 5.83. The van der Waals surface area contributed by atoms with E-state index >= 15 is 0 Å². The van der Waals surface area contributed by atoms with Crippen molar-refractivity contribution < 1.29 is 14.6 Å². The lowest BCUT2D eigenvalue weighted by Gasteiger charge is -2.28. The van der Waals surface area contributed by atoms with Crippen LogP contribution < -0.4 is 10.1 Å². The molecule has 0 saturated heterocycles. The first-order chi connectivity index (χ1) is 14.4. The zero-order chi connectivity index (χ0) is 21.6. The number of aliphatic hydroxyl groups excluding tert-OH is 1. The van der Waals surface area contributed by atoms with Crippen LogP contribution in [-0.2, 0) is 11.2 Å². The Labute approximate surface area is 179 Å². The maximum Gasteiger partial charge on any atom is 0.124 e. The molecular weight excluding hydrogens is 374 g/mol. The van der Waals surface area contributed by atoms with E-state index in [2.05, 4.69) is 61.6 Å². The monoisotopic (exact) mass is 407 g/mol. The van der Waals surface area contributed by atoms with Crippen LogP contribution in [0.25, 0.3) is 10.8 Å². The maximum absolute atomic E-state index is 10.4. The predicted molar refractivity (Wildman–Crippen MR) is 123 cm³/mol. The lowest BCUT2D eigenvalue weighted by atomic mass is 9.93. The second kappa shape index (κ2) is 10.1. The molecule has 4 nitrogen and oxygen atoms in total. The molecule has 0 saturated carbocycles. The summed E-state index contributed by atoms with van der Waals surface area (Å²) in [7, 11) is 1.65. The van der Waals surface area contributed by atoms with Gasteiger partial charge in [-0.2, -0.15) is 0 Å². The second-order valence-electron chi connectivity index (χ2n) is 8.49. The van der Waals surface area contributed by atoms with E-state index in [0.29, 0.717) is 6.54 Å². The third-order valence-corrected chi connectivity index (χ3v) is 5.39. The average molecular weight is 408 g/mol. The Hall–Kier alpha value is -2.40. The van der Waals surface area contributed by atoms with Gasteiger partial charge in [0, 0.05) is 17.6 Å². The number of rotatable bonds is 10. The topological polar surface area (TPSA) is 50.7 Å². The molecule has 0 fully saturated rings. The van der Waals surface area contributed by atoms with Gasteiger partial charge in [0.2, 0.25) is 0 Å². The zero-order valence-electron chi connectivity index (χ0n) is 18.4. The largest absolute Gasteiger partial charge is 0.496 e. The molecule has 0 bridgehead atoms. The predicted octanol–water partition coefficient (Wildman–Crippen LogP) is 4.90. The van der Waals surface area contributed by atoms with E-state index < -0.39 is 6.10 Å². The number of nitrogens with one attached hydrogen (secondary N) is 1. The minimum absolute atomic E-state index is 0.141. The summed E-state index contributed by atoms with van der Waals surface area (Å²) in [6.07, 6.45) is 0.141. The van der Waals surface area contributed by atoms with Crippen molar-refractivity contribution in [3.05, 3.63) is 77.9 Å². The molecule has 0 heterocycles. The Kier molecular flexibility index (Phi) is 7.48. The second-order valence-corrected chi connectivity index (χ2v) is 8.49. The molecule has 160 valence electrons. The number of methoxy groups -OCH3 is 1. The van der Waals surface area contributed by atoms with E-state index in [1.807, 2.05) is 31.2 Å². The zero-order valence-corrected chi connectivity index (χ0v) is 18.4. The van der Waals surface area contributed by atoms with E-state index in [4.69, 9.17) is 9.47 Å². The van der Waals surface area contributed by atoms with Gasteiger partial charge in [-0.25, -0.2) is 0 Å². The van der Waals surface area contributed by atoms with Gasteiger partial charge in [0.25, 0.3) is 0 Å². The Morgan fingerprint density at radius 3 is 2.43 bits per heavy atom. The summed E-state index contributed by atoms with van der Waals surface area (Å²) in [5, 5.41) is 16.4. The molecule has 3 aromatic rings. The maximum atomic E-state index is 10.4. The molecule has 0 unspecified atom stereocenters. The molecule has 3 rings (SSSR count). The van der Waals surface area contributed by atoms with Crippen LogP contribution >= 0.6 is 0 Å². The highest BCUT2D eigenvalue weighted by Crippen LogP contribution is 2.27. The van der Waals surface area contributed by atoms with Crippen molar-refractivity contribution >= 4 is 10.8 Å². The quantitative estimate of drug-likeness (QED) is 0.502. The number of β-amino-alcohol motifs (C(OH)–C–C–N with tert-alkyl or cyclic N) is 1. The molecule has 0 spiro atoms. The molecule has 2 N–H and O–H groups in total. The highest BCUT2D eigenvalue weighted by atomic mass is 16.5. The van der Waals surface area contributed by atoms with Crippen LogP contribution in [0.3, 0.4) is 0 Å². The van der Waals surface area contributed by atoms with Crippen LogP contribution in [0.1, 0.15) is 38.0 Å². The third-order valence-electron chi connectivity index (χ3n) is 5.39. The number of hydrogen-bond donors (Lipinski definition) is 2. The minimum Gasteiger partial charge on any atom is -0.496 e. The Balaban J connectivity index is 1.49. The molecule has 0 aliphatic rings. The van der Waals surface area contributed by atoms with Crippen LogP contribution in [0.4, 0.5) is 0 Å². The summed E-state index contributed by atoms with van der Waals surface area (Å²) in [5.41, 5.74) is 2.12. The number of hydrogen-bond acceptors (Lipinski definition) is 4. The van der Waals surface area contributed by atoms with E-state index in [1.165, 1.54) is 16.3 Å². The number of fused-ring (bicyclic) bond motifs is 1. The Morgan fingerprint density at radius 2 is 1.67 bits per heavy atom. The van der Waals surface area contributed by atoms with Gasteiger partial charge in [-0.05, 0) is 49.6 Å². The van der Waals surface area contributed by atoms with E-state index in [9.17, 15) is 5.11 Å². The van der Waals surface area contributed by atoms with Gasteiger partial charge in [-0.3, -0.25) is 0 Å². The average Bonchev–Trinajstić information content (AvgIpc) is 2.75. The van der Waals surface area contributed by atoms with Crippen molar-refractivity contribution in [2.45, 2.75) is 44.9 Å². The minimum atomic E-state index is -0.585. The molecule has 0 aliphatic heterocycles. The molecule has 0 amide bonds. The van der Waals surface area contributed by atoms with Crippen molar-refractivity contribution in [2.24, 2.45) is 0 Å². The van der Waals surface area contributed by atoms with Crippen LogP contribution in [-0.4, -0.2) is 37.0 Å². The fraction of sp³-hybridized carbons (Fsp3) is 0.385. The summed E-state index contributed by atoms with van der Waals surface area (Å²) in [6.45, 7) is 7.03. The van der Waals surface area contributed by atoms with Crippen molar-refractivity contribution in [3.63, 3.8) is 0 Å². The summed E-state index contributed by atoms with van der Waals surface area (Å²) in [5.74, 6) is 0.800. The summed E-state index contributed by atoms with van der Waals surface area (Å²) < 4.78 is 11.3. The number of aliphatic hydroxyl groups is 1. The van der Waals surface area contributed by atoms with Crippen LogP contribution in [0.15, 0.2) is 66.7 Å². The molecule has 4 heteroatoms. The van der Waals surface area contributed by atoms with Crippen molar-refractivity contribution in [1.29, 1.82) is 0 Å². The number of ether oxygens (including phenoxy) is 2. The lowest BCUT2D eigenvalue weighted by molar-refractivity contribution is -0.00494. The SMILES string of the molecule is COc1ccccc1[C@@H](C)OC[C@@H](O)CNC(C)(C)Cc1ccc2ccccc2c1. The first kappa shape index (κ1) is 22.3. The summed E-state index contributed by atoms with van der Waals surface area (Å²) in [4.78, 5) is 0. The van der Waals surface area contributed by atoms with Gasteiger partial charge in [-0.15, -0.1) is 0 Å². The number of para-hydroxylation sites is 1. The smallest absolute Gasteiger partial charge is 0.124 e. The van der Waals surface area contributed by atoms with E-state index in [-0.39, 0.29) is 18.2 Å². The summed E-state index contributed by atoms with van der Waals surface area (Å²) in [6, 6.07) is 22.8. The fourth-order valence-corrected chi connectivity index (χ4v) is 3.72. The van der Waals surface area contributed by atoms with Crippen LogP contribution in [0, 0.1) is 0 Å². The molecule has 30 heavy (non-hydrogen) atoms. The molecule has 0 radical (unpaired) electrons. The first-order valence-electron chi connectivity index (χ1n) is 10.5. The lowest BCUT2D eigenvalue weighted by Crippen LogP contribution is -2.46. The van der Waals surface area contributed by atoms with Crippen molar-refractivity contribution in [2.75, 3.05) is 20.3 Å². The molecule has 3 aromatic carbocycles. The van der Waals surface area contributed by atoms with Gasteiger partial charge < -0.3 is 19.9 Å². The number of benzene rings is 3. The van der Waals surface area contributed by atoms with Crippen LogP contribution in [0.5, 0.6) is 5.75 Å². The Morgan fingerprint density at radius 1 is 0.967 bits per heavy atom. The summed E-state index contributed by atoms with van der Waals surface area (Å²) >= 11 is 0. The van der Waals surface area contributed by atoms with Crippen molar-refractivity contribution in [3.8, 4) is 5.75 Å². The van der Waals surface area contributed by atoms with Gasteiger partial charge in [0.15, 0.2) is 0 Å². The Bertz CT molecular complexity index is 954. The van der Waals surface area contributed by atoms with Gasteiger partial charge >= 0.3 is 0 Å². The highest BCUT2D eigenvalue weighted by Gasteiger charge is 2.20. The molecule has 0 aromatic heterocycles. The van der Waals surface area contributed by atoms with Crippen molar-refractivity contribution in [1.82, 2.24) is 5.32 Å². The third kappa shape index (κ3) is 6.05. The van der Waals surface area contributed by atoms with Crippen LogP contribution in [0.2, 0.25) is 0 Å². The van der Waals surface area contributed by atoms with Gasteiger partial charge in [-0.1, -0.05) is 60.7 Å². The van der Waals surface area contributed by atoms with Gasteiger partial charge in [0.05, 0.1) is 25.9 Å².